The van der Waals surface area contributed by atoms with Crippen LogP contribution in [-0.4, -0.2) is 19.6 Å². The summed E-state index contributed by atoms with van der Waals surface area (Å²) in [6.07, 6.45) is 3.69. The zero-order valence-electron chi connectivity index (χ0n) is 11.2. The van der Waals surface area contributed by atoms with Crippen LogP contribution in [0.3, 0.4) is 0 Å². The maximum atomic E-state index is 4.58. The molecule has 0 N–H and O–H groups in total. The van der Waals surface area contributed by atoms with Gasteiger partial charge in [0, 0.05) is 23.5 Å². The van der Waals surface area contributed by atoms with Gasteiger partial charge in [0.15, 0.2) is 11.5 Å². The van der Waals surface area contributed by atoms with E-state index in [1.807, 2.05) is 66.9 Å². The standard InChI is InChI=1S/C17H12N4/c1-2-7-13(8-3-1)16-14(9-6-11-18-16)17-19-15-10-4-5-12-21(15)20-17/h1-12H. The SMILES string of the molecule is c1ccc(-c2ncccc2-c2nc3ccccn3n2)cc1. The Bertz CT molecular complexity index is 864. The first-order valence-corrected chi connectivity index (χ1v) is 6.74. The molecule has 0 aliphatic carbocycles. The molecule has 0 atom stereocenters. The molecule has 0 aliphatic rings. The summed E-state index contributed by atoms with van der Waals surface area (Å²) in [4.78, 5) is 9.09. The number of hydrogen-bond acceptors (Lipinski definition) is 3. The van der Waals surface area contributed by atoms with Gasteiger partial charge in [-0.1, -0.05) is 36.4 Å². The van der Waals surface area contributed by atoms with E-state index in [0.717, 1.165) is 22.5 Å². The molecule has 0 radical (unpaired) electrons. The minimum absolute atomic E-state index is 0.688. The smallest absolute Gasteiger partial charge is 0.184 e. The summed E-state index contributed by atoms with van der Waals surface area (Å²) in [5.41, 5.74) is 3.73. The zero-order chi connectivity index (χ0) is 14.1. The first-order chi connectivity index (χ1) is 10.4. The van der Waals surface area contributed by atoms with Gasteiger partial charge in [-0.3, -0.25) is 4.98 Å². The molecule has 4 rings (SSSR count). The number of fused-ring (bicyclic) bond motifs is 1. The normalized spacial score (nSPS) is 10.9. The van der Waals surface area contributed by atoms with E-state index in [0.29, 0.717) is 5.82 Å². The van der Waals surface area contributed by atoms with Crippen LogP contribution in [0.4, 0.5) is 0 Å². The van der Waals surface area contributed by atoms with Gasteiger partial charge in [-0.25, -0.2) is 9.50 Å². The quantitative estimate of drug-likeness (QED) is 0.561. The van der Waals surface area contributed by atoms with Gasteiger partial charge in [-0.15, -0.1) is 5.10 Å². The maximum Gasteiger partial charge on any atom is 0.184 e. The summed E-state index contributed by atoms with van der Waals surface area (Å²) >= 11 is 0. The fourth-order valence-electron chi connectivity index (χ4n) is 2.36. The first-order valence-electron chi connectivity index (χ1n) is 6.74. The molecule has 4 heteroatoms. The highest BCUT2D eigenvalue weighted by Gasteiger charge is 2.12. The molecule has 4 nitrogen and oxygen atoms in total. The number of nitrogens with zero attached hydrogens (tertiary/aromatic N) is 4. The molecule has 0 unspecified atom stereocenters. The zero-order valence-corrected chi connectivity index (χ0v) is 11.2. The van der Waals surface area contributed by atoms with E-state index < -0.39 is 0 Å². The Kier molecular flexibility index (Phi) is 2.71. The average molecular weight is 272 g/mol. The van der Waals surface area contributed by atoms with Crippen molar-refractivity contribution in [3.8, 4) is 22.6 Å². The van der Waals surface area contributed by atoms with Gasteiger partial charge in [0.05, 0.1) is 5.69 Å². The lowest BCUT2D eigenvalue weighted by atomic mass is 10.1. The third-order valence-corrected chi connectivity index (χ3v) is 3.34. The molecule has 0 amide bonds. The van der Waals surface area contributed by atoms with Crippen molar-refractivity contribution in [3.63, 3.8) is 0 Å². The maximum absolute atomic E-state index is 4.58. The average Bonchev–Trinajstić information content (AvgIpc) is 2.99. The summed E-state index contributed by atoms with van der Waals surface area (Å²) in [5.74, 6) is 0.688. The fourth-order valence-corrected chi connectivity index (χ4v) is 2.36. The summed E-state index contributed by atoms with van der Waals surface area (Å²) in [5, 5.41) is 4.53. The Hall–Kier alpha value is -3.01. The Morgan fingerprint density at radius 2 is 1.67 bits per heavy atom. The van der Waals surface area contributed by atoms with E-state index in [1.165, 1.54) is 0 Å². The topological polar surface area (TPSA) is 43.1 Å². The van der Waals surface area contributed by atoms with E-state index in [4.69, 9.17) is 0 Å². The van der Waals surface area contributed by atoms with Gasteiger partial charge in [0.2, 0.25) is 0 Å². The molecular formula is C17H12N4. The number of hydrogen-bond donors (Lipinski definition) is 0. The van der Waals surface area contributed by atoms with Crippen molar-refractivity contribution in [1.29, 1.82) is 0 Å². The lowest BCUT2D eigenvalue weighted by molar-refractivity contribution is 0.965. The number of rotatable bonds is 2. The fraction of sp³-hybridized carbons (Fsp3) is 0. The third kappa shape index (κ3) is 2.07. The molecule has 3 aromatic heterocycles. The molecule has 0 fully saturated rings. The summed E-state index contributed by atoms with van der Waals surface area (Å²) < 4.78 is 1.77. The lowest BCUT2D eigenvalue weighted by Gasteiger charge is -2.05. The second kappa shape index (κ2) is 4.83. The van der Waals surface area contributed by atoms with E-state index in [-0.39, 0.29) is 0 Å². The van der Waals surface area contributed by atoms with Crippen molar-refractivity contribution < 1.29 is 0 Å². The molecule has 0 saturated heterocycles. The summed E-state index contributed by atoms with van der Waals surface area (Å²) in [6.45, 7) is 0. The van der Waals surface area contributed by atoms with E-state index in [9.17, 15) is 0 Å². The predicted octanol–water partition coefficient (Wildman–Crippen LogP) is 3.46. The predicted molar refractivity (Wildman–Crippen MR) is 81.7 cm³/mol. The first kappa shape index (κ1) is 11.8. The molecule has 3 heterocycles. The van der Waals surface area contributed by atoms with Crippen LogP contribution in [0.15, 0.2) is 73.1 Å². The second-order valence-corrected chi connectivity index (χ2v) is 4.70. The number of aromatic nitrogens is 4. The van der Waals surface area contributed by atoms with Gasteiger partial charge in [0.25, 0.3) is 0 Å². The van der Waals surface area contributed by atoms with Crippen molar-refractivity contribution in [2.24, 2.45) is 0 Å². The monoisotopic (exact) mass is 272 g/mol. The third-order valence-electron chi connectivity index (χ3n) is 3.34. The van der Waals surface area contributed by atoms with Crippen molar-refractivity contribution >= 4 is 5.65 Å². The van der Waals surface area contributed by atoms with Crippen LogP contribution in [-0.2, 0) is 0 Å². The highest BCUT2D eigenvalue weighted by atomic mass is 15.3. The molecule has 0 bridgehead atoms. The molecule has 1 aromatic carbocycles. The van der Waals surface area contributed by atoms with E-state index in [2.05, 4.69) is 15.1 Å². The Morgan fingerprint density at radius 1 is 0.810 bits per heavy atom. The van der Waals surface area contributed by atoms with Gasteiger partial charge in [0.1, 0.15) is 0 Å². The Labute approximate surface area is 121 Å². The largest absolute Gasteiger partial charge is 0.255 e. The van der Waals surface area contributed by atoms with Crippen molar-refractivity contribution in [2.45, 2.75) is 0 Å². The minimum Gasteiger partial charge on any atom is -0.255 e. The lowest BCUT2D eigenvalue weighted by Crippen LogP contribution is -1.90. The van der Waals surface area contributed by atoms with Crippen LogP contribution in [0.1, 0.15) is 0 Å². The van der Waals surface area contributed by atoms with E-state index in [1.54, 1.807) is 10.7 Å². The molecule has 0 saturated carbocycles. The van der Waals surface area contributed by atoms with Crippen molar-refractivity contribution in [1.82, 2.24) is 19.6 Å². The van der Waals surface area contributed by atoms with Crippen molar-refractivity contribution in [2.75, 3.05) is 0 Å². The summed E-state index contributed by atoms with van der Waals surface area (Å²) in [7, 11) is 0. The van der Waals surface area contributed by atoms with Crippen LogP contribution in [0.2, 0.25) is 0 Å². The van der Waals surface area contributed by atoms with Gasteiger partial charge >= 0.3 is 0 Å². The van der Waals surface area contributed by atoms with E-state index >= 15 is 0 Å². The number of benzene rings is 1. The molecule has 4 aromatic rings. The Balaban J connectivity index is 1.93. The summed E-state index contributed by atoms with van der Waals surface area (Å²) in [6, 6.07) is 19.8. The van der Waals surface area contributed by atoms with Crippen LogP contribution in [0, 0.1) is 0 Å². The van der Waals surface area contributed by atoms with Crippen molar-refractivity contribution in [3.05, 3.63) is 73.1 Å². The minimum atomic E-state index is 0.688. The highest BCUT2D eigenvalue weighted by Crippen LogP contribution is 2.27. The molecular weight excluding hydrogens is 260 g/mol. The second-order valence-electron chi connectivity index (χ2n) is 4.70. The van der Waals surface area contributed by atoms with Crippen LogP contribution in [0.25, 0.3) is 28.3 Å². The van der Waals surface area contributed by atoms with Gasteiger partial charge in [-0.05, 0) is 24.3 Å². The number of pyridine rings is 2. The van der Waals surface area contributed by atoms with Gasteiger partial charge < -0.3 is 0 Å². The van der Waals surface area contributed by atoms with Gasteiger partial charge in [-0.2, -0.15) is 0 Å². The van der Waals surface area contributed by atoms with Crippen LogP contribution in [0.5, 0.6) is 0 Å². The Morgan fingerprint density at radius 3 is 2.52 bits per heavy atom. The molecule has 0 spiro atoms. The molecule has 0 aliphatic heterocycles. The molecule has 21 heavy (non-hydrogen) atoms. The van der Waals surface area contributed by atoms with Crippen LogP contribution >= 0.6 is 0 Å². The van der Waals surface area contributed by atoms with Crippen LogP contribution < -0.4 is 0 Å². The highest BCUT2D eigenvalue weighted by molar-refractivity contribution is 5.77. The molecule has 100 valence electrons.